The number of aliphatic hydroxyl groups excluding tert-OH is 6. The number of carbonyl (C=O) groups excluding carboxylic acids is 7. The third kappa shape index (κ3) is 17.2. The van der Waals surface area contributed by atoms with Crippen LogP contribution in [-0.2, 0) is 62.0 Å². The van der Waals surface area contributed by atoms with Gasteiger partial charge < -0.3 is 144 Å². The van der Waals surface area contributed by atoms with E-state index in [0.717, 1.165) is 54.6 Å². The fourth-order valence-corrected chi connectivity index (χ4v) is 14.5. The second-order valence-electron chi connectivity index (χ2n) is 29.0. The minimum atomic E-state index is -2.39. The van der Waals surface area contributed by atoms with Gasteiger partial charge >= 0.3 is 5.97 Å². The van der Waals surface area contributed by atoms with E-state index in [-0.39, 0.29) is 47.6 Å². The number of aliphatic hydroxyl groups is 6. The maximum Gasteiger partial charge on any atom is 0.330 e. The Bertz CT molecular complexity index is 4400. The molecule has 0 saturated carbocycles. The Labute approximate surface area is 636 Å². The Hall–Kier alpha value is -9.32. The SMILES string of the molecule is CC(C)C[C@@H](N)C(=O)NC1C(=O)NC(CC(N)=O)C(=O)N[C@H]2C(=O)NC3C(=O)N[C@H](C(=O)N[C@@H](C(=O)O)c4cc(O)cc(O)c4-c4cc3ccc4O)[C@H](OC3CC(C)(N)C(O)C(C)O3)c3ccc(c(Cl)c3)Oc3cc2cc(c3OC2OC(CO)C(O)C(O)C2OC2CC(C)(N)C(O)C(C)O2)Oc2ccc(cc2Cl)[C@H]1O. The van der Waals surface area contributed by atoms with Crippen LogP contribution in [0.3, 0.4) is 0 Å². The summed E-state index contributed by atoms with van der Waals surface area (Å²) < 4.78 is 51.6. The molecule has 16 unspecified atom stereocenters. The minimum Gasteiger partial charge on any atom is -0.508 e. The highest BCUT2D eigenvalue weighted by Gasteiger charge is 2.52. The number of carboxylic acid groups (broad SMARTS) is 1. The molecule has 0 radical (unpaired) electrons. The van der Waals surface area contributed by atoms with Crippen molar-refractivity contribution in [2.24, 2.45) is 28.9 Å². The molecular formula is C72H86Cl2N10O26. The van der Waals surface area contributed by atoms with Crippen molar-refractivity contribution in [3.63, 3.8) is 0 Å². The van der Waals surface area contributed by atoms with Gasteiger partial charge in [-0.3, -0.25) is 33.6 Å². The van der Waals surface area contributed by atoms with Gasteiger partial charge in [-0.25, -0.2) is 4.79 Å². The molecule has 8 heterocycles. The number of rotatable bonds is 14. The Morgan fingerprint density at radius 2 is 1.22 bits per heavy atom. The van der Waals surface area contributed by atoms with E-state index in [4.69, 9.17) is 84.0 Å². The number of phenolic OH excluding ortho intramolecular Hbond substituents is 3. The number of nitrogens with one attached hydrogen (secondary N) is 6. The van der Waals surface area contributed by atoms with E-state index in [1.165, 1.54) is 52.0 Å². The van der Waals surface area contributed by atoms with Crippen LogP contribution in [0.15, 0.2) is 78.9 Å². The largest absolute Gasteiger partial charge is 0.508 e. The summed E-state index contributed by atoms with van der Waals surface area (Å²) in [6.07, 6.45) is -23.0. The number of carbonyl (C=O) groups is 8. The molecule has 0 aliphatic carbocycles. The van der Waals surface area contributed by atoms with Gasteiger partial charge in [0, 0.05) is 46.7 Å². The molecule has 8 aliphatic rings. The van der Waals surface area contributed by atoms with Crippen LogP contribution in [0.4, 0.5) is 0 Å². The summed E-state index contributed by atoms with van der Waals surface area (Å²) in [6.45, 7) is 8.44. The molecule has 22 atom stereocenters. The number of fused-ring (bicyclic) bond motifs is 15. The lowest BCUT2D eigenvalue weighted by Gasteiger charge is -2.47. The van der Waals surface area contributed by atoms with Gasteiger partial charge in [0.05, 0.1) is 53.5 Å². The Morgan fingerprint density at radius 3 is 1.79 bits per heavy atom. The van der Waals surface area contributed by atoms with Crippen LogP contribution in [0, 0.1) is 5.92 Å². The fraction of sp³-hybridized carbons (Fsp3) is 0.472. The Balaban J connectivity index is 1.19. The van der Waals surface area contributed by atoms with E-state index < -0.39 is 266 Å². The second-order valence-corrected chi connectivity index (χ2v) is 29.8. The zero-order valence-electron chi connectivity index (χ0n) is 59.7. The van der Waals surface area contributed by atoms with Crippen molar-refractivity contribution >= 4 is 70.5 Å². The number of primary amides is 1. The van der Waals surface area contributed by atoms with E-state index >= 15 is 19.2 Å². The van der Waals surface area contributed by atoms with Crippen molar-refractivity contribution < 1.29 is 127 Å². The van der Waals surface area contributed by atoms with Crippen molar-refractivity contribution in [1.82, 2.24) is 31.9 Å². The van der Waals surface area contributed by atoms with Crippen LogP contribution in [0.25, 0.3) is 11.1 Å². The first kappa shape index (κ1) is 81.7. The monoisotopic (exact) mass is 1580 g/mol. The van der Waals surface area contributed by atoms with Crippen LogP contribution in [0.1, 0.15) is 125 Å². The lowest BCUT2D eigenvalue weighted by atomic mass is 9.86. The topological polar surface area (TPSA) is 589 Å². The predicted octanol–water partition coefficient (Wildman–Crippen LogP) is 0.0830. The third-order valence-corrected chi connectivity index (χ3v) is 20.4. The first-order valence-corrected chi connectivity index (χ1v) is 35.6. The molecule has 5 aromatic rings. The van der Waals surface area contributed by atoms with Crippen molar-refractivity contribution in [2.75, 3.05) is 6.61 Å². The molecule has 0 aromatic heterocycles. The number of carboxylic acids is 1. The molecule has 8 aliphatic heterocycles. The summed E-state index contributed by atoms with van der Waals surface area (Å²) in [7, 11) is 0. The molecule has 594 valence electrons. The Morgan fingerprint density at radius 1 is 0.655 bits per heavy atom. The molecule has 24 N–H and O–H groups in total. The number of halogens is 2. The fourth-order valence-electron chi connectivity index (χ4n) is 14.1. The standard InChI is InChI=1S/C72H86Cl2N10O26/c1-25(2)13-37(75)63(95)83-53-55(90)29-8-11-41(35(73)15-29)105-43-17-31-18-44(59(43)110-70-60(57(92)56(91)45(24-85)107-70)109-48-23-72(6,78)62(94)27(4)104-48)106-42-12-9-30(16-36(42)74)58(108-47-22-71(5,77)61(93)26(3)103-47)54-68(100)82-52(69(101)102)34-19-32(86)20-40(88)49(34)33-14-28(7-10-39(33)87)50(65(97)84-54)81-66(98)51(31)80-64(96)38(21-46(76)89)79-67(53)99/h7-12,14-20,25-27,37-38,45,47-48,50-58,60-62,70,85-88,90-94H,13,21-24,75,77-78H2,1-6H3,(H2,76,89)(H,79,99)(H,80,96)(H,81,98)(H,82,100)(H,83,95)(H,84,97)(H,101,102)/t26?,27?,37-,38?,45?,47?,48?,50?,51-,52-,53?,54+,55-,56?,57?,58-,60?,61?,62?,70?,71?,72?/m1/s1. The van der Waals surface area contributed by atoms with Crippen LogP contribution >= 0.6 is 23.2 Å². The van der Waals surface area contributed by atoms with E-state index in [9.17, 15) is 70.2 Å². The summed E-state index contributed by atoms with van der Waals surface area (Å²) in [4.78, 5) is 119. The number of nitrogens with two attached hydrogens (primary N) is 4. The number of ether oxygens (including phenoxy) is 8. The average Bonchev–Trinajstić information content (AvgIpc) is 0.763. The van der Waals surface area contributed by atoms with Gasteiger partial charge in [0.25, 0.3) is 0 Å². The normalized spacial score (nSPS) is 32.2. The summed E-state index contributed by atoms with van der Waals surface area (Å²) in [5, 5.41) is 128. The number of phenols is 3. The highest BCUT2D eigenvalue weighted by Crippen LogP contribution is 2.50. The van der Waals surface area contributed by atoms with Gasteiger partial charge in [-0.15, -0.1) is 0 Å². The zero-order valence-corrected chi connectivity index (χ0v) is 61.2. The molecule has 3 saturated heterocycles. The molecule has 110 heavy (non-hydrogen) atoms. The predicted molar refractivity (Wildman–Crippen MR) is 381 cm³/mol. The van der Waals surface area contributed by atoms with Crippen molar-refractivity contribution in [3.8, 4) is 57.1 Å². The first-order chi connectivity index (χ1) is 51.7. The maximum atomic E-state index is 16.3. The van der Waals surface area contributed by atoms with E-state index in [1.54, 1.807) is 13.8 Å². The number of hydrogen-bond donors (Lipinski definition) is 20. The quantitative estimate of drug-likeness (QED) is 0.0700. The molecule has 11 bridgehead atoms. The van der Waals surface area contributed by atoms with Crippen LogP contribution in [0.2, 0.25) is 10.0 Å². The van der Waals surface area contributed by atoms with Gasteiger partial charge in [-0.2, -0.15) is 0 Å². The highest BCUT2D eigenvalue weighted by atomic mass is 35.5. The molecule has 5 aromatic carbocycles. The van der Waals surface area contributed by atoms with E-state index in [1.807, 2.05) is 0 Å². The number of aromatic hydroxyl groups is 3. The smallest absolute Gasteiger partial charge is 0.330 e. The Kier molecular flexibility index (Phi) is 24.2. The molecule has 3 fully saturated rings. The maximum absolute atomic E-state index is 16.3. The first-order valence-electron chi connectivity index (χ1n) is 34.9. The summed E-state index contributed by atoms with van der Waals surface area (Å²) in [5.74, 6) is -16.4. The van der Waals surface area contributed by atoms with Gasteiger partial charge in [0.15, 0.2) is 36.2 Å². The summed E-state index contributed by atoms with van der Waals surface area (Å²) >= 11 is 14.4. The van der Waals surface area contributed by atoms with E-state index in [2.05, 4.69) is 31.9 Å². The van der Waals surface area contributed by atoms with Gasteiger partial charge in [0.2, 0.25) is 53.4 Å². The molecular weight excluding hydrogens is 1490 g/mol. The van der Waals surface area contributed by atoms with Gasteiger partial charge in [-0.1, -0.05) is 55.2 Å². The summed E-state index contributed by atoms with van der Waals surface area (Å²) in [5.41, 5.74) is 19.5. The third-order valence-electron chi connectivity index (χ3n) is 19.8. The molecule has 36 nitrogen and oxygen atoms in total. The zero-order chi connectivity index (χ0) is 80.2. The highest BCUT2D eigenvalue weighted by molar-refractivity contribution is 6.32. The van der Waals surface area contributed by atoms with Crippen LogP contribution in [0.5, 0.6) is 46.0 Å². The average molecular weight is 1580 g/mol. The number of hydrogen-bond acceptors (Lipinski definition) is 28. The van der Waals surface area contributed by atoms with Crippen molar-refractivity contribution in [1.29, 1.82) is 0 Å². The van der Waals surface area contributed by atoms with Gasteiger partial charge in [0.1, 0.15) is 89.5 Å². The number of amides is 7. The lowest BCUT2D eigenvalue weighted by Crippen LogP contribution is -2.64. The lowest BCUT2D eigenvalue weighted by molar-refractivity contribution is -0.333. The van der Waals surface area contributed by atoms with Crippen LogP contribution in [-0.4, -0.2) is 208 Å². The number of benzene rings is 5. The molecule has 0 spiro atoms. The van der Waals surface area contributed by atoms with Gasteiger partial charge in [-0.05, 0) is 117 Å². The van der Waals surface area contributed by atoms with Crippen molar-refractivity contribution in [3.05, 3.63) is 117 Å². The second kappa shape index (κ2) is 32.6. The van der Waals surface area contributed by atoms with E-state index in [0.29, 0.717) is 0 Å². The van der Waals surface area contributed by atoms with Crippen molar-refractivity contribution in [2.45, 2.75) is 201 Å². The number of aliphatic carboxylic acids is 1. The molecule has 7 amide bonds. The minimum absolute atomic E-state index is 0.0637. The molecule has 13 rings (SSSR count). The van der Waals surface area contributed by atoms with Crippen LogP contribution < -0.4 is 69.0 Å². The summed E-state index contributed by atoms with van der Waals surface area (Å²) in [6, 6.07) is -0.950. The molecule has 38 heteroatoms.